The van der Waals surface area contributed by atoms with Crippen LogP contribution in [0.25, 0.3) is 6.08 Å². The number of carbonyl (C=O) groups is 1. The van der Waals surface area contributed by atoms with Gasteiger partial charge in [0.1, 0.15) is 12.2 Å². The van der Waals surface area contributed by atoms with E-state index in [9.17, 15) is 13.2 Å². The van der Waals surface area contributed by atoms with E-state index in [-0.39, 0.29) is 23.7 Å². The summed E-state index contributed by atoms with van der Waals surface area (Å²) in [4.78, 5) is 11.4. The number of aryl methyl sites for hydroxylation is 1. The summed E-state index contributed by atoms with van der Waals surface area (Å²) in [7, 11) is -2.52. The van der Waals surface area contributed by atoms with Crippen LogP contribution in [0.1, 0.15) is 22.8 Å². The van der Waals surface area contributed by atoms with E-state index in [4.69, 9.17) is 8.92 Å². The predicted octanol–water partition coefficient (Wildman–Crippen LogP) is 3.03. The van der Waals surface area contributed by atoms with E-state index in [0.717, 1.165) is 16.7 Å². The van der Waals surface area contributed by atoms with Gasteiger partial charge in [-0.2, -0.15) is 8.42 Å². The maximum Gasteiger partial charge on any atom is 0.330 e. The number of methoxy groups -OCH3 is 1. The fourth-order valence-corrected chi connectivity index (χ4v) is 3.54. The summed E-state index contributed by atoms with van der Waals surface area (Å²) in [6.45, 7) is 1.81. The first-order valence-corrected chi connectivity index (χ1v) is 9.78. The van der Waals surface area contributed by atoms with Crippen molar-refractivity contribution in [1.82, 2.24) is 0 Å². The van der Waals surface area contributed by atoms with Gasteiger partial charge in [-0.25, -0.2) is 4.79 Å². The number of benzene rings is 2. The Kier molecular flexibility index (Phi) is 5.74. The standard InChI is InChI=1S/C20H20O6S/c1-14-7-10-16(11-8-14)27(22,23)25-13-18-20(26-18)17-6-4-3-5-15(17)9-12-19(21)24-2/h3-12,18,20H,13H2,1-2H3/b12-9+/t18-,20+/m0/s1. The Morgan fingerprint density at radius 2 is 1.85 bits per heavy atom. The van der Waals surface area contributed by atoms with Crippen molar-refractivity contribution in [2.24, 2.45) is 0 Å². The highest BCUT2D eigenvalue weighted by molar-refractivity contribution is 7.86. The highest BCUT2D eigenvalue weighted by Gasteiger charge is 2.42. The molecule has 1 heterocycles. The van der Waals surface area contributed by atoms with E-state index >= 15 is 0 Å². The van der Waals surface area contributed by atoms with Crippen molar-refractivity contribution in [3.8, 4) is 0 Å². The second kappa shape index (κ2) is 8.04. The molecular weight excluding hydrogens is 368 g/mol. The fraction of sp³-hybridized carbons (Fsp3) is 0.250. The molecule has 1 aliphatic heterocycles. The van der Waals surface area contributed by atoms with Gasteiger partial charge in [-0.1, -0.05) is 42.0 Å². The maximum absolute atomic E-state index is 12.3. The van der Waals surface area contributed by atoms with Crippen LogP contribution in [0.2, 0.25) is 0 Å². The summed E-state index contributed by atoms with van der Waals surface area (Å²) in [6, 6.07) is 13.9. The van der Waals surface area contributed by atoms with Gasteiger partial charge in [0.05, 0.1) is 18.6 Å². The number of ether oxygens (including phenoxy) is 2. The summed E-state index contributed by atoms with van der Waals surface area (Å²) >= 11 is 0. The Labute approximate surface area is 158 Å². The van der Waals surface area contributed by atoms with Crippen molar-refractivity contribution in [3.63, 3.8) is 0 Å². The largest absolute Gasteiger partial charge is 0.466 e. The first-order valence-electron chi connectivity index (χ1n) is 8.37. The van der Waals surface area contributed by atoms with Gasteiger partial charge < -0.3 is 9.47 Å². The molecule has 3 rings (SSSR count). The van der Waals surface area contributed by atoms with Crippen LogP contribution in [0.4, 0.5) is 0 Å². The zero-order valence-electron chi connectivity index (χ0n) is 15.0. The zero-order chi connectivity index (χ0) is 19.4. The van der Waals surface area contributed by atoms with E-state index in [2.05, 4.69) is 4.74 Å². The lowest BCUT2D eigenvalue weighted by atomic mass is 10.0. The van der Waals surface area contributed by atoms with Crippen molar-refractivity contribution < 1.29 is 26.9 Å². The third-order valence-corrected chi connectivity index (χ3v) is 5.48. The topological polar surface area (TPSA) is 82.2 Å². The third-order valence-electron chi connectivity index (χ3n) is 4.18. The summed E-state index contributed by atoms with van der Waals surface area (Å²) in [6.07, 6.45) is 2.33. The van der Waals surface area contributed by atoms with Gasteiger partial charge in [0.15, 0.2) is 0 Å². The van der Waals surface area contributed by atoms with Crippen molar-refractivity contribution in [1.29, 1.82) is 0 Å². The molecular formula is C20H20O6S. The lowest BCUT2D eigenvalue weighted by Gasteiger charge is -2.05. The van der Waals surface area contributed by atoms with Gasteiger partial charge in [0, 0.05) is 6.08 Å². The minimum atomic E-state index is -3.83. The molecule has 1 saturated heterocycles. The summed E-state index contributed by atoms with van der Waals surface area (Å²) in [5, 5.41) is 0. The van der Waals surface area contributed by atoms with Crippen LogP contribution in [0.5, 0.6) is 0 Å². The molecule has 7 heteroatoms. The van der Waals surface area contributed by atoms with E-state index in [1.807, 2.05) is 31.2 Å². The molecule has 0 saturated carbocycles. The van der Waals surface area contributed by atoms with E-state index in [1.54, 1.807) is 18.2 Å². The van der Waals surface area contributed by atoms with E-state index in [0.29, 0.717) is 0 Å². The predicted molar refractivity (Wildman–Crippen MR) is 99.4 cm³/mol. The molecule has 0 bridgehead atoms. The van der Waals surface area contributed by atoms with Crippen molar-refractivity contribution in [3.05, 3.63) is 71.3 Å². The number of hydrogen-bond acceptors (Lipinski definition) is 6. The molecule has 0 amide bonds. The van der Waals surface area contributed by atoms with Crippen LogP contribution in [0.3, 0.4) is 0 Å². The Morgan fingerprint density at radius 1 is 1.15 bits per heavy atom. The van der Waals surface area contributed by atoms with Gasteiger partial charge in [-0.05, 0) is 36.3 Å². The number of epoxide rings is 1. The molecule has 2 atom stereocenters. The summed E-state index contributed by atoms with van der Waals surface area (Å²) < 4.78 is 39.8. The van der Waals surface area contributed by atoms with Crippen LogP contribution in [-0.2, 0) is 28.6 Å². The lowest BCUT2D eigenvalue weighted by Crippen LogP contribution is -2.11. The minimum absolute atomic E-state index is 0.0735. The Balaban J connectivity index is 1.64. The molecule has 2 aromatic rings. The molecule has 0 aliphatic carbocycles. The molecule has 6 nitrogen and oxygen atoms in total. The molecule has 0 radical (unpaired) electrons. The Hall–Kier alpha value is -2.48. The van der Waals surface area contributed by atoms with Crippen LogP contribution >= 0.6 is 0 Å². The van der Waals surface area contributed by atoms with Crippen LogP contribution in [0, 0.1) is 6.92 Å². The Bertz CT molecular complexity index is 947. The van der Waals surface area contributed by atoms with Crippen LogP contribution in [-0.4, -0.2) is 34.2 Å². The number of carbonyl (C=O) groups excluding carboxylic acids is 1. The van der Waals surface area contributed by atoms with Crippen molar-refractivity contribution in [2.75, 3.05) is 13.7 Å². The number of esters is 1. The quantitative estimate of drug-likeness (QED) is 0.314. The SMILES string of the molecule is COC(=O)/C=C/c1ccccc1[C@H]1O[C@H]1COS(=O)(=O)c1ccc(C)cc1. The van der Waals surface area contributed by atoms with Crippen molar-refractivity contribution >= 4 is 22.2 Å². The van der Waals surface area contributed by atoms with Crippen LogP contribution < -0.4 is 0 Å². The second-order valence-electron chi connectivity index (χ2n) is 6.13. The van der Waals surface area contributed by atoms with Crippen molar-refractivity contribution in [2.45, 2.75) is 24.0 Å². The molecule has 2 aromatic carbocycles. The average molecular weight is 388 g/mol. The van der Waals surface area contributed by atoms with Gasteiger partial charge in [0.2, 0.25) is 0 Å². The molecule has 27 heavy (non-hydrogen) atoms. The first-order chi connectivity index (χ1) is 12.9. The molecule has 1 fully saturated rings. The third kappa shape index (κ3) is 4.82. The smallest absolute Gasteiger partial charge is 0.330 e. The fourth-order valence-electron chi connectivity index (χ4n) is 2.62. The first kappa shape index (κ1) is 19.3. The summed E-state index contributed by atoms with van der Waals surface area (Å²) in [5.41, 5.74) is 2.63. The molecule has 142 valence electrons. The van der Waals surface area contributed by atoms with Gasteiger partial charge in [0.25, 0.3) is 10.1 Å². The summed E-state index contributed by atoms with van der Waals surface area (Å²) in [5.74, 6) is -0.453. The molecule has 0 aromatic heterocycles. The average Bonchev–Trinajstić information content (AvgIpc) is 3.45. The minimum Gasteiger partial charge on any atom is -0.466 e. The molecule has 0 unspecified atom stereocenters. The molecule has 0 N–H and O–H groups in total. The van der Waals surface area contributed by atoms with Crippen LogP contribution in [0.15, 0.2) is 59.5 Å². The second-order valence-corrected chi connectivity index (χ2v) is 7.75. The van der Waals surface area contributed by atoms with E-state index in [1.165, 1.54) is 25.3 Å². The Morgan fingerprint density at radius 3 is 2.56 bits per heavy atom. The number of rotatable bonds is 7. The highest BCUT2D eigenvalue weighted by atomic mass is 32.2. The zero-order valence-corrected chi connectivity index (χ0v) is 15.8. The van der Waals surface area contributed by atoms with Gasteiger partial charge >= 0.3 is 5.97 Å². The molecule has 0 spiro atoms. The molecule has 1 aliphatic rings. The monoisotopic (exact) mass is 388 g/mol. The van der Waals surface area contributed by atoms with E-state index < -0.39 is 16.1 Å². The number of hydrogen-bond donors (Lipinski definition) is 0. The maximum atomic E-state index is 12.3. The lowest BCUT2D eigenvalue weighted by molar-refractivity contribution is -0.134. The van der Waals surface area contributed by atoms with Gasteiger partial charge in [-0.15, -0.1) is 0 Å². The van der Waals surface area contributed by atoms with Gasteiger partial charge in [-0.3, -0.25) is 4.18 Å². The normalized spacial score (nSPS) is 19.2. The highest BCUT2D eigenvalue weighted by Crippen LogP contribution is 2.41.